The van der Waals surface area contributed by atoms with Crippen LogP contribution in [0, 0.1) is 6.92 Å². The molecule has 24 heavy (non-hydrogen) atoms. The number of nitrogens with zero attached hydrogens (tertiary/aromatic N) is 1. The summed E-state index contributed by atoms with van der Waals surface area (Å²) in [6.45, 7) is 1.76. The number of thiophene rings is 1. The van der Waals surface area contributed by atoms with E-state index in [9.17, 15) is 18.0 Å². The van der Waals surface area contributed by atoms with Crippen LogP contribution in [-0.4, -0.2) is 16.1 Å². The number of anilines is 1. The van der Waals surface area contributed by atoms with Gasteiger partial charge in [-0.2, -0.15) is 18.3 Å². The van der Waals surface area contributed by atoms with Crippen LogP contribution in [0.2, 0.25) is 0 Å². The molecule has 0 saturated heterocycles. The number of carbonyl (C=O) groups is 1. The molecule has 2 heterocycles. The average Bonchev–Trinajstić information content (AvgIpc) is 3.17. The fourth-order valence-corrected chi connectivity index (χ4v) is 2.89. The fourth-order valence-electron chi connectivity index (χ4n) is 2.17. The minimum Gasteiger partial charge on any atom is -0.319 e. The highest BCUT2D eigenvalue weighted by Crippen LogP contribution is 2.32. The Bertz CT molecular complexity index is 852. The van der Waals surface area contributed by atoms with E-state index in [-0.39, 0.29) is 5.56 Å². The topological polar surface area (TPSA) is 57.8 Å². The maximum atomic E-state index is 12.6. The van der Waals surface area contributed by atoms with Crippen molar-refractivity contribution in [1.82, 2.24) is 10.2 Å². The van der Waals surface area contributed by atoms with Gasteiger partial charge < -0.3 is 5.32 Å². The maximum absolute atomic E-state index is 12.6. The number of benzene rings is 1. The average molecular weight is 351 g/mol. The van der Waals surface area contributed by atoms with Crippen molar-refractivity contribution in [3.8, 4) is 10.6 Å². The highest BCUT2D eigenvalue weighted by Gasteiger charge is 2.30. The number of halogens is 3. The second kappa shape index (κ2) is 6.12. The van der Waals surface area contributed by atoms with Gasteiger partial charge in [0.15, 0.2) is 0 Å². The van der Waals surface area contributed by atoms with Crippen LogP contribution in [0.15, 0.2) is 41.8 Å². The number of aryl methyl sites for hydroxylation is 1. The Kier molecular flexibility index (Phi) is 4.15. The summed E-state index contributed by atoms with van der Waals surface area (Å²) in [5.41, 5.74) is 1.13. The predicted octanol–water partition coefficient (Wildman–Crippen LogP) is 4.72. The van der Waals surface area contributed by atoms with E-state index in [0.29, 0.717) is 17.1 Å². The largest absolute Gasteiger partial charge is 0.416 e. The third-order valence-corrected chi connectivity index (χ3v) is 4.29. The van der Waals surface area contributed by atoms with Gasteiger partial charge in [-0.05, 0) is 42.6 Å². The summed E-state index contributed by atoms with van der Waals surface area (Å²) in [6.07, 6.45) is -4.43. The van der Waals surface area contributed by atoms with E-state index in [2.05, 4.69) is 15.5 Å². The molecule has 3 rings (SSSR count). The van der Waals surface area contributed by atoms with E-state index in [0.717, 1.165) is 29.1 Å². The SMILES string of the molecule is Cc1[nH]nc(-c2cccs2)c1NC(=O)c1ccc(C(F)(F)F)cc1. The molecular formula is C16H12F3N3OS. The number of hydrogen-bond donors (Lipinski definition) is 2. The summed E-state index contributed by atoms with van der Waals surface area (Å²) in [6, 6.07) is 7.81. The van der Waals surface area contributed by atoms with Gasteiger partial charge in [-0.15, -0.1) is 11.3 Å². The minimum absolute atomic E-state index is 0.140. The van der Waals surface area contributed by atoms with Crippen LogP contribution in [0.3, 0.4) is 0 Å². The first-order valence-corrected chi connectivity index (χ1v) is 7.81. The number of rotatable bonds is 3. The van der Waals surface area contributed by atoms with Crippen LogP contribution in [0.1, 0.15) is 21.6 Å². The van der Waals surface area contributed by atoms with E-state index in [1.807, 2.05) is 17.5 Å². The first-order valence-electron chi connectivity index (χ1n) is 6.93. The molecule has 0 radical (unpaired) electrons. The van der Waals surface area contributed by atoms with Crippen LogP contribution in [-0.2, 0) is 6.18 Å². The molecule has 1 amide bonds. The van der Waals surface area contributed by atoms with Crippen LogP contribution in [0.5, 0.6) is 0 Å². The van der Waals surface area contributed by atoms with Crippen LogP contribution in [0.25, 0.3) is 10.6 Å². The highest BCUT2D eigenvalue weighted by molar-refractivity contribution is 7.13. The summed E-state index contributed by atoms with van der Waals surface area (Å²) in [7, 11) is 0. The molecule has 0 aliphatic heterocycles. The second-order valence-electron chi connectivity index (χ2n) is 5.08. The van der Waals surface area contributed by atoms with E-state index in [4.69, 9.17) is 0 Å². The predicted molar refractivity (Wildman–Crippen MR) is 86.0 cm³/mol. The molecule has 0 bridgehead atoms. The number of aromatic amines is 1. The van der Waals surface area contributed by atoms with Gasteiger partial charge in [0.1, 0.15) is 5.69 Å². The number of hydrogen-bond acceptors (Lipinski definition) is 3. The van der Waals surface area contributed by atoms with Gasteiger partial charge >= 0.3 is 6.18 Å². The molecular weight excluding hydrogens is 339 g/mol. The highest BCUT2D eigenvalue weighted by atomic mass is 32.1. The number of H-pyrrole nitrogens is 1. The van der Waals surface area contributed by atoms with Crippen LogP contribution >= 0.6 is 11.3 Å². The van der Waals surface area contributed by atoms with Gasteiger partial charge in [-0.1, -0.05) is 6.07 Å². The Morgan fingerprint density at radius 3 is 2.50 bits per heavy atom. The Morgan fingerprint density at radius 1 is 1.21 bits per heavy atom. The third kappa shape index (κ3) is 3.18. The lowest BCUT2D eigenvalue weighted by molar-refractivity contribution is -0.137. The Hall–Kier alpha value is -2.61. The summed E-state index contributed by atoms with van der Waals surface area (Å²) in [4.78, 5) is 13.2. The van der Waals surface area contributed by atoms with Gasteiger partial charge in [0, 0.05) is 5.56 Å². The Labute approximate surface area is 139 Å². The maximum Gasteiger partial charge on any atom is 0.416 e. The van der Waals surface area contributed by atoms with E-state index >= 15 is 0 Å². The van der Waals surface area contributed by atoms with Crippen LogP contribution in [0.4, 0.5) is 18.9 Å². The van der Waals surface area contributed by atoms with Gasteiger partial charge in [0.05, 0.1) is 21.8 Å². The molecule has 2 aromatic heterocycles. The van der Waals surface area contributed by atoms with Crippen molar-refractivity contribution in [2.24, 2.45) is 0 Å². The monoisotopic (exact) mass is 351 g/mol. The summed E-state index contributed by atoms with van der Waals surface area (Å²) < 4.78 is 37.7. The lowest BCUT2D eigenvalue weighted by atomic mass is 10.1. The molecule has 0 aliphatic rings. The Balaban J connectivity index is 1.84. The van der Waals surface area contributed by atoms with Crippen molar-refractivity contribution in [1.29, 1.82) is 0 Å². The van der Waals surface area contributed by atoms with Gasteiger partial charge in [0.2, 0.25) is 0 Å². The summed E-state index contributed by atoms with van der Waals surface area (Å²) in [5, 5.41) is 11.6. The summed E-state index contributed by atoms with van der Waals surface area (Å²) in [5.74, 6) is -0.494. The lowest BCUT2D eigenvalue weighted by Gasteiger charge is -2.09. The molecule has 8 heteroatoms. The first-order chi connectivity index (χ1) is 11.4. The third-order valence-electron chi connectivity index (χ3n) is 3.41. The molecule has 0 fully saturated rings. The molecule has 4 nitrogen and oxygen atoms in total. The van der Waals surface area contributed by atoms with Crippen molar-refractivity contribution >= 4 is 22.9 Å². The number of carbonyl (C=O) groups excluding carboxylic acids is 1. The molecule has 1 aromatic carbocycles. The zero-order valence-electron chi connectivity index (χ0n) is 12.4. The van der Waals surface area contributed by atoms with Gasteiger partial charge in [0.25, 0.3) is 5.91 Å². The molecule has 0 spiro atoms. The van der Waals surface area contributed by atoms with Crippen molar-refractivity contribution in [3.05, 3.63) is 58.6 Å². The van der Waals surface area contributed by atoms with E-state index < -0.39 is 17.6 Å². The van der Waals surface area contributed by atoms with Gasteiger partial charge in [-0.25, -0.2) is 0 Å². The normalized spacial score (nSPS) is 11.5. The number of nitrogens with one attached hydrogen (secondary N) is 2. The lowest BCUT2D eigenvalue weighted by Crippen LogP contribution is -2.13. The standard InChI is InChI=1S/C16H12F3N3OS/c1-9-13(14(22-21-9)12-3-2-8-24-12)20-15(23)10-4-6-11(7-5-10)16(17,18)19/h2-8H,1H3,(H,20,23)(H,21,22). The van der Waals surface area contributed by atoms with E-state index in [1.54, 1.807) is 6.92 Å². The number of alkyl halides is 3. The fraction of sp³-hybridized carbons (Fsp3) is 0.125. The summed E-state index contributed by atoms with van der Waals surface area (Å²) >= 11 is 1.47. The van der Waals surface area contributed by atoms with Gasteiger partial charge in [-0.3, -0.25) is 9.89 Å². The van der Waals surface area contributed by atoms with Crippen molar-refractivity contribution in [3.63, 3.8) is 0 Å². The van der Waals surface area contributed by atoms with Crippen LogP contribution < -0.4 is 5.32 Å². The molecule has 0 atom stereocenters. The first kappa shape index (κ1) is 16.3. The molecule has 124 valence electrons. The molecule has 2 N–H and O–H groups in total. The Morgan fingerprint density at radius 2 is 1.92 bits per heavy atom. The quantitative estimate of drug-likeness (QED) is 0.717. The molecule has 0 aliphatic carbocycles. The molecule has 3 aromatic rings. The number of amides is 1. The minimum atomic E-state index is -4.43. The van der Waals surface area contributed by atoms with Crippen molar-refractivity contribution in [2.45, 2.75) is 13.1 Å². The second-order valence-corrected chi connectivity index (χ2v) is 6.03. The van der Waals surface area contributed by atoms with Crippen molar-refractivity contribution in [2.75, 3.05) is 5.32 Å². The molecule has 0 unspecified atom stereocenters. The zero-order chi connectivity index (χ0) is 17.3. The van der Waals surface area contributed by atoms with Crippen molar-refractivity contribution < 1.29 is 18.0 Å². The molecule has 0 saturated carbocycles. The smallest absolute Gasteiger partial charge is 0.319 e. The number of aromatic nitrogens is 2. The van der Waals surface area contributed by atoms with E-state index in [1.165, 1.54) is 11.3 Å². The zero-order valence-corrected chi connectivity index (χ0v) is 13.3.